The van der Waals surface area contributed by atoms with Gasteiger partial charge in [0.25, 0.3) is 0 Å². The van der Waals surface area contributed by atoms with E-state index in [1.807, 2.05) is 0 Å². The van der Waals surface area contributed by atoms with E-state index < -0.39 is 18.5 Å². The second kappa shape index (κ2) is 5.36. The minimum absolute atomic E-state index is 0.286. The molecule has 1 fully saturated rings. The van der Waals surface area contributed by atoms with Gasteiger partial charge in [-0.25, -0.2) is 4.39 Å². The molecule has 1 heterocycles. The van der Waals surface area contributed by atoms with Gasteiger partial charge >= 0.3 is 6.18 Å². The highest BCUT2D eigenvalue weighted by molar-refractivity contribution is 5.47. The Balaban J connectivity index is 2.07. The van der Waals surface area contributed by atoms with Gasteiger partial charge in [0.1, 0.15) is 5.82 Å². The molecule has 1 aliphatic rings. The summed E-state index contributed by atoms with van der Waals surface area (Å²) < 4.78 is 50.2. The van der Waals surface area contributed by atoms with Crippen molar-refractivity contribution in [2.75, 3.05) is 18.0 Å². The van der Waals surface area contributed by atoms with Crippen molar-refractivity contribution in [3.05, 3.63) is 30.1 Å². The van der Waals surface area contributed by atoms with Gasteiger partial charge in [0, 0.05) is 31.2 Å². The smallest absolute Gasteiger partial charge is 0.370 e. The van der Waals surface area contributed by atoms with E-state index in [9.17, 15) is 17.6 Å². The van der Waals surface area contributed by atoms with E-state index in [0.29, 0.717) is 25.2 Å². The van der Waals surface area contributed by atoms with Gasteiger partial charge in [-0.15, -0.1) is 0 Å². The average molecular weight is 276 g/mol. The van der Waals surface area contributed by atoms with E-state index in [1.54, 1.807) is 17.0 Å². The van der Waals surface area contributed by atoms with Crippen LogP contribution in [0, 0.1) is 11.7 Å². The molecule has 0 aliphatic carbocycles. The van der Waals surface area contributed by atoms with Gasteiger partial charge < -0.3 is 10.6 Å². The average Bonchev–Trinajstić information content (AvgIpc) is 2.26. The molecule has 0 aromatic heterocycles. The number of nitrogens with zero attached hydrogens (tertiary/aromatic N) is 1. The van der Waals surface area contributed by atoms with Crippen LogP contribution >= 0.6 is 0 Å². The van der Waals surface area contributed by atoms with Crippen LogP contribution in [0.2, 0.25) is 0 Å². The van der Waals surface area contributed by atoms with Crippen LogP contribution < -0.4 is 10.6 Å². The van der Waals surface area contributed by atoms with Crippen molar-refractivity contribution in [3.63, 3.8) is 0 Å². The second-order valence-electron chi connectivity index (χ2n) is 5.06. The fraction of sp³-hybridized carbons (Fsp3) is 0.538. The fourth-order valence-corrected chi connectivity index (χ4v) is 2.58. The maximum atomic E-state index is 12.8. The number of alkyl halides is 3. The zero-order valence-electron chi connectivity index (χ0n) is 10.3. The van der Waals surface area contributed by atoms with Crippen LogP contribution in [0.25, 0.3) is 0 Å². The Bertz CT molecular complexity index is 416. The Morgan fingerprint density at radius 2 is 1.79 bits per heavy atom. The van der Waals surface area contributed by atoms with Crippen LogP contribution in [0.4, 0.5) is 23.2 Å². The number of hydrogen-bond donors (Lipinski definition) is 1. The SMILES string of the molecule is NC1CC(CC(F)(F)F)CN(c2ccc(F)cc2)C1. The van der Waals surface area contributed by atoms with Crippen molar-refractivity contribution in [2.45, 2.75) is 25.1 Å². The van der Waals surface area contributed by atoms with Crippen molar-refractivity contribution in [1.29, 1.82) is 0 Å². The zero-order valence-corrected chi connectivity index (χ0v) is 10.3. The van der Waals surface area contributed by atoms with E-state index in [1.165, 1.54) is 12.1 Å². The summed E-state index contributed by atoms with van der Waals surface area (Å²) in [5.74, 6) is -0.870. The summed E-state index contributed by atoms with van der Waals surface area (Å²) >= 11 is 0. The number of nitrogens with two attached hydrogens (primary N) is 1. The first-order chi connectivity index (χ1) is 8.83. The predicted octanol–water partition coefficient (Wildman–Crippen LogP) is 2.93. The Morgan fingerprint density at radius 3 is 2.37 bits per heavy atom. The molecule has 2 atom stereocenters. The topological polar surface area (TPSA) is 29.3 Å². The molecule has 19 heavy (non-hydrogen) atoms. The Hall–Kier alpha value is -1.30. The van der Waals surface area contributed by atoms with Crippen LogP contribution in [-0.2, 0) is 0 Å². The van der Waals surface area contributed by atoms with Crippen LogP contribution in [0.1, 0.15) is 12.8 Å². The first kappa shape index (κ1) is 14.1. The fourth-order valence-electron chi connectivity index (χ4n) is 2.58. The molecular formula is C13H16F4N2. The predicted molar refractivity (Wildman–Crippen MR) is 65.4 cm³/mol. The van der Waals surface area contributed by atoms with Crippen LogP contribution in [0.15, 0.2) is 24.3 Å². The molecule has 1 saturated heterocycles. The summed E-state index contributed by atoms with van der Waals surface area (Å²) in [6.07, 6.45) is -4.62. The summed E-state index contributed by atoms with van der Waals surface area (Å²) in [4.78, 5) is 1.80. The molecular weight excluding hydrogens is 260 g/mol. The van der Waals surface area contributed by atoms with Crippen LogP contribution in [-0.4, -0.2) is 25.3 Å². The minimum Gasteiger partial charge on any atom is -0.370 e. The van der Waals surface area contributed by atoms with Gasteiger partial charge in [0.2, 0.25) is 0 Å². The quantitative estimate of drug-likeness (QED) is 0.842. The molecule has 0 saturated carbocycles. The van der Waals surface area contributed by atoms with Gasteiger partial charge in [0.15, 0.2) is 0 Å². The first-order valence-electron chi connectivity index (χ1n) is 6.16. The molecule has 1 aromatic carbocycles. The molecule has 1 aliphatic heterocycles. The lowest BCUT2D eigenvalue weighted by Crippen LogP contribution is -2.48. The number of halogens is 4. The van der Waals surface area contributed by atoms with Crippen molar-refractivity contribution in [3.8, 4) is 0 Å². The van der Waals surface area contributed by atoms with E-state index in [2.05, 4.69) is 0 Å². The summed E-state index contributed by atoms with van der Waals surface area (Å²) in [6.45, 7) is 0.804. The number of anilines is 1. The highest BCUT2D eigenvalue weighted by Crippen LogP contribution is 2.31. The number of benzene rings is 1. The van der Waals surface area contributed by atoms with Gasteiger partial charge in [-0.05, 0) is 36.6 Å². The molecule has 2 nitrogen and oxygen atoms in total. The number of hydrogen-bond acceptors (Lipinski definition) is 2. The minimum atomic E-state index is -4.17. The third-order valence-electron chi connectivity index (χ3n) is 3.28. The highest BCUT2D eigenvalue weighted by Gasteiger charge is 2.35. The summed E-state index contributed by atoms with van der Waals surface area (Å²) in [6, 6.07) is 5.45. The van der Waals surface area contributed by atoms with E-state index >= 15 is 0 Å². The zero-order chi connectivity index (χ0) is 14.0. The molecule has 2 unspecified atom stereocenters. The monoisotopic (exact) mass is 276 g/mol. The molecule has 1 aromatic rings. The van der Waals surface area contributed by atoms with Crippen LogP contribution in [0.3, 0.4) is 0 Å². The molecule has 2 rings (SSSR count). The lowest BCUT2D eigenvalue weighted by atomic mass is 9.91. The van der Waals surface area contributed by atoms with Gasteiger partial charge in [-0.3, -0.25) is 0 Å². The first-order valence-corrected chi connectivity index (χ1v) is 6.16. The Morgan fingerprint density at radius 1 is 1.16 bits per heavy atom. The van der Waals surface area contributed by atoms with E-state index in [-0.39, 0.29) is 11.9 Å². The Kier molecular flexibility index (Phi) is 3.99. The van der Waals surface area contributed by atoms with E-state index in [4.69, 9.17) is 5.73 Å². The maximum Gasteiger partial charge on any atom is 0.389 e. The normalized spacial score (nSPS) is 24.6. The van der Waals surface area contributed by atoms with Gasteiger partial charge in [0.05, 0.1) is 0 Å². The Labute approximate surface area is 109 Å². The molecule has 0 bridgehead atoms. The van der Waals surface area contributed by atoms with Gasteiger partial charge in [-0.1, -0.05) is 0 Å². The molecule has 6 heteroatoms. The molecule has 0 radical (unpaired) electrons. The summed E-state index contributed by atoms with van der Waals surface area (Å²) in [7, 11) is 0. The molecule has 2 N–H and O–H groups in total. The molecule has 0 amide bonds. The van der Waals surface area contributed by atoms with Crippen LogP contribution in [0.5, 0.6) is 0 Å². The number of rotatable bonds is 2. The van der Waals surface area contributed by atoms with Gasteiger partial charge in [-0.2, -0.15) is 13.2 Å². The third kappa shape index (κ3) is 4.09. The van der Waals surface area contributed by atoms with Crippen molar-refractivity contribution in [1.82, 2.24) is 0 Å². The lowest BCUT2D eigenvalue weighted by molar-refractivity contribution is -0.145. The van der Waals surface area contributed by atoms with Crippen molar-refractivity contribution < 1.29 is 17.6 Å². The third-order valence-corrected chi connectivity index (χ3v) is 3.28. The standard InChI is InChI=1S/C13H16F4N2/c14-10-1-3-12(4-2-10)19-7-9(5-11(18)8-19)6-13(15,16)17/h1-4,9,11H,5-8,18H2. The van der Waals surface area contributed by atoms with Crippen molar-refractivity contribution in [2.24, 2.45) is 11.7 Å². The van der Waals surface area contributed by atoms with Crippen molar-refractivity contribution >= 4 is 5.69 Å². The maximum absolute atomic E-state index is 12.8. The lowest BCUT2D eigenvalue weighted by Gasteiger charge is -2.38. The summed E-state index contributed by atoms with van der Waals surface area (Å²) in [5.41, 5.74) is 6.53. The highest BCUT2D eigenvalue weighted by atomic mass is 19.4. The summed E-state index contributed by atoms with van der Waals surface area (Å²) in [5, 5.41) is 0. The van der Waals surface area contributed by atoms with E-state index in [0.717, 1.165) is 0 Å². The molecule has 106 valence electrons. The second-order valence-corrected chi connectivity index (χ2v) is 5.06. The molecule has 0 spiro atoms. The number of piperidine rings is 1. The largest absolute Gasteiger partial charge is 0.389 e.